The van der Waals surface area contributed by atoms with Gasteiger partial charge in [-0.05, 0) is 36.4 Å². The number of carbonyl (C=O) groups excluding carboxylic acids is 1. The Morgan fingerprint density at radius 1 is 0.970 bits per heavy atom. The SMILES string of the molecule is O=C(Nc1ccc(N2CCN(C(=O)O)CC2)cc1)c1nc(-c2ccccc2)oc1C(F)(F)F. The number of hydrogen-bond acceptors (Lipinski definition) is 5. The van der Waals surface area contributed by atoms with Crippen molar-refractivity contribution in [1.29, 1.82) is 0 Å². The average Bonchev–Trinajstić information content (AvgIpc) is 3.27. The van der Waals surface area contributed by atoms with Gasteiger partial charge in [0, 0.05) is 43.1 Å². The number of nitrogens with zero attached hydrogens (tertiary/aromatic N) is 3. The van der Waals surface area contributed by atoms with E-state index in [-0.39, 0.29) is 11.6 Å². The minimum absolute atomic E-state index is 0.283. The van der Waals surface area contributed by atoms with Gasteiger partial charge in [0.15, 0.2) is 5.69 Å². The number of alkyl halides is 3. The normalized spacial score (nSPS) is 14.3. The number of rotatable bonds is 4. The number of hydrogen-bond donors (Lipinski definition) is 2. The van der Waals surface area contributed by atoms with Gasteiger partial charge >= 0.3 is 12.3 Å². The smallest absolute Gasteiger partial charge is 0.452 e. The molecule has 0 atom stereocenters. The second kappa shape index (κ2) is 8.85. The molecule has 1 fully saturated rings. The molecule has 1 aromatic heterocycles. The Labute approximate surface area is 186 Å². The van der Waals surface area contributed by atoms with E-state index in [0.717, 1.165) is 5.69 Å². The molecule has 1 aliphatic rings. The van der Waals surface area contributed by atoms with Crippen LogP contribution in [-0.4, -0.2) is 53.2 Å². The summed E-state index contributed by atoms with van der Waals surface area (Å²) < 4.78 is 45.3. The van der Waals surface area contributed by atoms with Crippen molar-refractivity contribution in [1.82, 2.24) is 9.88 Å². The highest BCUT2D eigenvalue weighted by molar-refractivity contribution is 6.04. The highest BCUT2D eigenvalue weighted by atomic mass is 19.4. The monoisotopic (exact) mass is 460 g/mol. The Morgan fingerprint density at radius 3 is 2.18 bits per heavy atom. The largest absolute Gasteiger partial charge is 0.465 e. The number of carbonyl (C=O) groups is 2. The summed E-state index contributed by atoms with van der Waals surface area (Å²) in [7, 11) is 0. The molecule has 8 nitrogen and oxygen atoms in total. The van der Waals surface area contributed by atoms with E-state index in [1.165, 1.54) is 17.0 Å². The number of piperazine rings is 1. The van der Waals surface area contributed by atoms with Crippen LogP contribution in [0.1, 0.15) is 16.2 Å². The lowest BCUT2D eigenvalue weighted by atomic mass is 10.2. The van der Waals surface area contributed by atoms with Crippen LogP contribution in [0.15, 0.2) is 59.0 Å². The lowest BCUT2D eigenvalue weighted by molar-refractivity contribution is -0.153. The fourth-order valence-corrected chi connectivity index (χ4v) is 3.47. The highest BCUT2D eigenvalue weighted by Gasteiger charge is 2.42. The zero-order valence-corrected chi connectivity index (χ0v) is 17.2. The van der Waals surface area contributed by atoms with E-state index < -0.39 is 29.6 Å². The average molecular weight is 460 g/mol. The van der Waals surface area contributed by atoms with Crippen LogP contribution in [0.4, 0.5) is 29.3 Å². The molecule has 2 aromatic carbocycles. The minimum Gasteiger partial charge on any atom is -0.465 e. The molecule has 4 rings (SSSR count). The van der Waals surface area contributed by atoms with Gasteiger partial charge in [0.1, 0.15) is 0 Å². The van der Waals surface area contributed by atoms with Crippen molar-refractivity contribution < 1.29 is 32.3 Å². The summed E-state index contributed by atoms with van der Waals surface area (Å²) in [5, 5.41) is 11.5. The molecule has 2 heterocycles. The Balaban J connectivity index is 1.49. The lowest BCUT2D eigenvalue weighted by Crippen LogP contribution is -2.48. The Bertz CT molecular complexity index is 1140. The maximum absolute atomic E-state index is 13.5. The van der Waals surface area contributed by atoms with Crippen LogP contribution >= 0.6 is 0 Å². The molecule has 1 saturated heterocycles. The Hall–Kier alpha value is -4.02. The van der Waals surface area contributed by atoms with Crippen LogP contribution in [0.3, 0.4) is 0 Å². The van der Waals surface area contributed by atoms with Gasteiger partial charge in [0.05, 0.1) is 0 Å². The quantitative estimate of drug-likeness (QED) is 0.598. The van der Waals surface area contributed by atoms with Crippen molar-refractivity contribution in [2.24, 2.45) is 0 Å². The van der Waals surface area contributed by atoms with Gasteiger partial charge in [-0.1, -0.05) is 18.2 Å². The Morgan fingerprint density at radius 2 is 1.61 bits per heavy atom. The predicted molar refractivity (Wildman–Crippen MR) is 113 cm³/mol. The van der Waals surface area contributed by atoms with E-state index in [1.54, 1.807) is 42.5 Å². The molecule has 33 heavy (non-hydrogen) atoms. The first kappa shape index (κ1) is 22.2. The second-order valence-electron chi connectivity index (χ2n) is 7.32. The third kappa shape index (κ3) is 4.92. The second-order valence-corrected chi connectivity index (χ2v) is 7.32. The zero-order valence-electron chi connectivity index (χ0n) is 17.2. The molecule has 172 valence electrons. The number of carboxylic acid groups (broad SMARTS) is 1. The third-order valence-electron chi connectivity index (χ3n) is 5.16. The fraction of sp³-hybridized carbons (Fsp3) is 0.227. The van der Waals surface area contributed by atoms with Crippen LogP contribution in [0.5, 0.6) is 0 Å². The number of oxazole rings is 1. The molecule has 0 spiro atoms. The number of halogens is 3. The molecule has 3 aromatic rings. The van der Waals surface area contributed by atoms with Gasteiger partial charge in [-0.2, -0.15) is 13.2 Å². The minimum atomic E-state index is -4.89. The summed E-state index contributed by atoms with van der Waals surface area (Å²) in [5.74, 6) is -2.81. The van der Waals surface area contributed by atoms with E-state index in [0.29, 0.717) is 31.7 Å². The number of benzene rings is 2. The van der Waals surface area contributed by atoms with Crippen LogP contribution in [0.2, 0.25) is 0 Å². The fourth-order valence-electron chi connectivity index (χ4n) is 3.47. The highest BCUT2D eigenvalue weighted by Crippen LogP contribution is 2.35. The summed E-state index contributed by atoms with van der Waals surface area (Å²) in [6, 6.07) is 14.5. The van der Waals surface area contributed by atoms with E-state index in [9.17, 15) is 22.8 Å². The van der Waals surface area contributed by atoms with Crippen molar-refractivity contribution in [3.05, 3.63) is 66.1 Å². The summed E-state index contributed by atoms with van der Waals surface area (Å²) in [6.45, 7) is 1.75. The van der Waals surface area contributed by atoms with Crippen LogP contribution in [-0.2, 0) is 6.18 Å². The lowest BCUT2D eigenvalue weighted by Gasteiger charge is -2.34. The third-order valence-corrected chi connectivity index (χ3v) is 5.16. The number of anilines is 2. The summed E-state index contributed by atoms with van der Waals surface area (Å²) in [4.78, 5) is 30.7. The van der Waals surface area contributed by atoms with Gasteiger partial charge in [0.2, 0.25) is 11.7 Å². The number of nitrogens with one attached hydrogen (secondary N) is 1. The predicted octanol–water partition coefficient (Wildman–Crippen LogP) is 4.41. The zero-order chi connectivity index (χ0) is 23.6. The van der Waals surface area contributed by atoms with Crippen molar-refractivity contribution in [3.63, 3.8) is 0 Å². The van der Waals surface area contributed by atoms with E-state index in [4.69, 9.17) is 9.52 Å². The van der Waals surface area contributed by atoms with Crippen LogP contribution < -0.4 is 10.2 Å². The summed E-state index contributed by atoms with van der Waals surface area (Å²) in [6.07, 6.45) is -5.86. The molecule has 11 heteroatoms. The maximum atomic E-state index is 13.5. The molecule has 0 aliphatic carbocycles. The van der Waals surface area contributed by atoms with Crippen LogP contribution in [0.25, 0.3) is 11.5 Å². The number of amides is 2. The molecule has 0 bridgehead atoms. The van der Waals surface area contributed by atoms with Crippen molar-refractivity contribution in [2.45, 2.75) is 6.18 Å². The first-order valence-corrected chi connectivity index (χ1v) is 10.00. The molecular formula is C22H19F3N4O4. The van der Waals surface area contributed by atoms with Crippen molar-refractivity contribution in [2.75, 3.05) is 36.4 Å². The summed E-state index contributed by atoms with van der Waals surface area (Å²) >= 11 is 0. The van der Waals surface area contributed by atoms with Crippen molar-refractivity contribution in [3.8, 4) is 11.5 Å². The molecular weight excluding hydrogens is 441 g/mol. The van der Waals surface area contributed by atoms with Gasteiger partial charge in [-0.25, -0.2) is 9.78 Å². The van der Waals surface area contributed by atoms with Crippen molar-refractivity contribution >= 4 is 23.4 Å². The molecule has 1 aliphatic heterocycles. The van der Waals surface area contributed by atoms with E-state index >= 15 is 0 Å². The topological polar surface area (TPSA) is 98.9 Å². The first-order valence-electron chi connectivity index (χ1n) is 10.00. The molecule has 2 N–H and O–H groups in total. The van der Waals surface area contributed by atoms with Gasteiger partial charge < -0.3 is 24.6 Å². The maximum Gasteiger partial charge on any atom is 0.452 e. The van der Waals surface area contributed by atoms with E-state index in [2.05, 4.69) is 10.3 Å². The van der Waals surface area contributed by atoms with E-state index in [1.807, 2.05) is 4.90 Å². The Kier molecular flexibility index (Phi) is 5.95. The summed E-state index contributed by atoms with van der Waals surface area (Å²) in [5.41, 5.74) is 0.553. The van der Waals surface area contributed by atoms with Gasteiger partial charge in [-0.15, -0.1) is 0 Å². The van der Waals surface area contributed by atoms with Crippen LogP contribution in [0, 0.1) is 0 Å². The number of aromatic nitrogens is 1. The standard InChI is InChI=1S/C22H19F3N4O4/c23-22(24,25)18-17(27-20(33-18)14-4-2-1-3-5-14)19(30)26-15-6-8-16(9-7-15)28-10-12-29(13-11-28)21(31)32/h1-9H,10-13H2,(H,26,30)(H,31,32). The van der Waals surface area contributed by atoms with Gasteiger partial charge in [-0.3, -0.25) is 4.79 Å². The first-order chi connectivity index (χ1) is 15.7. The molecule has 0 unspecified atom stereocenters. The molecule has 2 amide bonds. The molecule has 0 saturated carbocycles. The molecule has 0 radical (unpaired) electrons. The van der Waals surface area contributed by atoms with Gasteiger partial charge in [0.25, 0.3) is 5.91 Å².